The number of nitrogens with one attached hydrogen (secondary N) is 1. The Bertz CT molecular complexity index is 1010. The third-order valence-electron chi connectivity index (χ3n) is 3.82. The van der Waals surface area contributed by atoms with E-state index in [4.69, 9.17) is 9.15 Å². The molecule has 2 heterocycles. The molecule has 0 bridgehead atoms. The van der Waals surface area contributed by atoms with Crippen LogP contribution in [0.5, 0.6) is 0 Å². The first-order valence-electron chi connectivity index (χ1n) is 7.94. The summed E-state index contributed by atoms with van der Waals surface area (Å²) >= 11 is 0. The average Bonchev–Trinajstić information content (AvgIpc) is 3.16. The number of rotatable bonds is 5. The summed E-state index contributed by atoms with van der Waals surface area (Å²) in [6.45, 7) is 1.65. The van der Waals surface area contributed by atoms with Crippen LogP contribution in [0.2, 0.25) is 0 Å². The van der Waals surface area contributed by atoms with Crippen LogP contribution in [0, 0.1) is 0 Å². The van der Waals surface area contributed by atoms with Crippen LogP contribution in [-0.2, 0) is 23.1 Å². The van der Waals surface area contributed by atoms with Gasteiger partial charge in [-0.1, -0.05) is 18.2 Å². The third kappa shape index (κ3) is 3.49. The van der Waals surface area contributed by atoms with Gasteiger partial charge < -0.3 is 14.5 Å². The zero-order valence-corrected chi connectivity index (χ0v) is 14.3. The molecule has 26 heavy (non-hydrogen) atoms. The number of carbonyl (C=O) groups excluding carboxylic acids is 2. The first-order valence-corrected chi connectivity index (χ1v) is 7.94. The van der Waals surface area contributed by atoms with E-state index in [2.05, 4.69) is 10.4 Å². The maximum Gasteiger partial charge on any atom is 0.360 e. The first-order chi connectivity index (χ1) is 12.5. The molecule has 0 saturated carbocycles. The molecular weight excluding hydrogens is 338 g/mol. The Morgan fingerprint density at radius 1 is 1.23 bits per heavy atom. The van der Waals surface area contributed by atoms with Crippen LogP contribution in [-0.4, -0.2) is 27.8 Å². The third-order valence-corrected chi connectivity index (χ3v) is 3.82. The zero-order chi connectivity index (χ0) is 18.7. The molecule has 8 nitrogen and oxygen atoms in total. The Morgan fingerprint density at radius 3 is 2.65 bits per heavy atom. The summed E-state index contributed by atoms with van der Waals surface area (Å²) < 4.78 is 11.4. The van der Waals surface area contributed by atoms with E-state index in [0.29, 0.717) is 16.5 Å². The maximum absolute atomic E-state index is 12.5. The van der Waals surface area contributed by atoms with Crippen molar-refractivity contribution in [3.05, 3.63) is 64.5 Å². The fraction of sp³-hybridized carbons (Fsp3) is 0.222. The lowest BCUT2D eigenvalue weighted by Gasteiger charge is -2.14. The van der Waals surface area contributed by atoms with Gasteiger partial charge in [0.05, 0.1) is 18.2 Å². The molecule has 0 spiro atoms. The van der Waals surface area contributed by atoms with Gasteiger partial charge in [-0.15, -0.1) is 0 Å². The normalized spacial score (nSPS) is 11.9. The number of ether oxygens (including phenoxy) is 1. The highest BCUT2D eigenvalue weighted by molar-refractivity contribution is 6.02. The minimum atomic E-state index is -1.03. The summed E-state index contributed by atoms with van der Waals surface area (Å²) in [7, 11) is 1.45. The van der Waals surface area contributed by atoms with Crippen molar-refractivity contribution >= 4 is 22.6 Å². The number of furan rings is 1. The van der Waals surface area contributed by atoms with Crippen molar-refractivity contribution in [2.45, 2.75) is 19.6 Å². The van der Waals surface area contributed by atoms with Crippen molar-refractivity contribution in [3.8, 4) is 0 Å². The number of aromatic nitrogens is 2. The van der Waals surface area contributed by atoms with Crippen molar-refractivity contribution in [3.63, 3.8) is 0 Å². The summed E-state index contributed by atoms with van der Waals surface area (Å²) in [4.78, 5) is 36.7. The molecule has 2 aromatic heterocycles. The van der Waals surface area contributed by atoms with Crippen LogP contribution < -0.4 is 10.9 Å². The van der Waals surface area contributed by atoms with E-state index in [1.807, 2.05) is 0 Å². The highest BCUT2D eigenvalue weighted by Gasteiger charge is 2.22. The molecule has 8 heteroatoms. The standard InChI is InChI=1S/C18H17N3O5/c1-11(16(22)19-10-12-6-5-9-25-12)26-18(24)15-13-7-3-4-8-14(13)17(23)21(2)20-15/h3-9,11H,10H2,1-2H3,(H,19,22)/t11-/m1/s1. The number of amides is 1. The molecule has 0 aliphatic heterocycles. The Kier molecular flexibility index (Phi) is 4.83. The summed E-state index contributed by atoms with van der Waals surface area (Å²) in [5, 5.41) is 7.33. The van der Waals surface area contributed by atoms with Crippen LogP contribution in [0.3, 0.4) is 0 Å². The van der Waals surface area contributed by atoms with Crippen molar-refractivity contribution in [2.75, 3.05) is 0 Å². The number of esters is 1. The summed E-state index contributed by atoms with van der Waals surface area (Å²) in [5.41, 5.74) is -0.338. The van der Waals surface area contributed by atoms with Gasteiger partial charge in [-0.25, -0.2) is 9.48 Å². The number of benzene rings is 1. The van der Waals surface area contributed by atoms with Gasteiger partial charge in [-0.3, -0.25) is 9.59 Å². The lowest BCUT2D eigenvalue weighted by atomic mass is 10.1. The Labute approximate surface area is 148 Å². The lowest BCUT2D eigenvalue weighted by Crippen LogP contribution is -2.36. The molecule has 0 fully saturated rings. The van der Waals surface area contributed by atoms with E-state index in [1.54, 1.807) is 36.4 Å². The largest absolute Gasteiger partial charge is 0.467 e. The van der Waals surface area contributed by atoms with Crippen molar-refractivity contribution < 1.29 is 18.7 Å². The molecule has 1 amide bonds. The van der Waals surface area contributed by atoms with E-state index in [1.165, 1.54) is 20.2 Å². The molecule has 0 saturated heterocycles. The Morgan fingerprint density at radius 2 is 1.96 bits per heavy atom. The lowest BCUT2D eigenvalue weighted by molar-refractivity contribution is -0.129. The van der Waals surface area contributed by atoms with E-state index in [9.17, 15) is 14.4 Å². The molecule has 3 aromatic rings. The number of nitrogens with zero attached hydrogens (tertiary/aromatic N) is 2. The summed E-state index contributed by atoms with van der Waals surface area (Å²) in [6.07, 6.45) is 0.469. The van der Waals surface area contributed by atoms with Gasteiger partial charge in [0.2, 0.25) is 0 Å². The van der Waals surface area contributed by atoms with Crippen molar-refractivity contribution in [1.82, 2.24) is 15.1 Å². The highest BCUT2D eigenvalue weighted by atomic mass is 16.5. The van der Waals surface area contributed by atoms with Gasteiger partial charge in [0, 0.05) is 12.4 Å². The second kappa shape index (κ2) is 7.22. The monoisotopic (exact) mass is 355 g/mol. The molecule has 134 valence electrons. The number of aryl methyl sites for hydroxylation is 1. The SMILES string of the molecule is C[C@@H](OC(=O)c1nn(C)c(=O)c2ccccc12)C(=O)NCc1ccco1. The van der Waals surface area contributed by atoms with E-state index in [0.717, 1.165) is 4.68 Å². The summed E-state index contributed by atoms with van der Waals surface area (Å²) in [6, 6.07) is 10.0. The molecular formula is C18H17N3O5. The Hall–Kier alpha value is -3.42. The fourth-order valence-corrected chi connectivity index (χ4v) is 2.45. The smallest absolute Gasteiger partial charge is 0.360 e. The quantitative estimate of drug-likeness (QED) is 0.694. The fourth-order valence-electron chi connectivity index (χ4n) is 2.45. The van der Waals surface area contributed by atoms with Crippen molar-refractivity contribution in [2.24, 2.45) is 7.05 Å². The maximum atomic E-state index is 12.5. The van der Waals surface area contributed by atoms with Crippen LogP contribution in [0.4, 0.5) is 0 Å². The second-order valence-corrected chi connectivity index (χ2v) is 5.67. The number of hydrogen-bond acceptors (Lipinski definition) is 6. The first kappa shape index (κ1) is 17.4. The van der Waals surface area contributed by atoms with Crippen molar-refractivity contribution in [1.29, 1.82) is 0 Å². The molecule has 0 aliphatic rings. The predicted octanol–water partition coefficient (Wildman–Crippen LogP) is 1.39. The van der Waals surface area contributed by atoms with Gasteiger partial charge >= 0.3 is 5.97 Å². The zero-order valence-electron chi connectivity index (χ0n) is 14.3. The van der Waals surface area contributed by atoms with E-state index < -0.39 is 18.0 Å². The average molecular weight is 355 g/mol. The Balaban J connectivity index is 1.75. The molecule has 3 rings (SSSR count). The molecule has 1 N–H and O–H groups in total. The van der Waals surface area contributed by atoms with E-state index >= 15 is 0 Å². The molecule has 0 radical (unpaired) electrons. The van der Waals surface area contributed by atoms with Crippen LogP contribution in [0.15, 0.2) is 51.9 Å². The van der Waals surface area contributed by atoms with Gasteiger partial charge in [-0.2, -0.15) is 5.10 Å². The van der Waals surface area contributed by atoms with Gasteiger partial charge in [-0.05, 0) is 25.1 Å². The van der Waals surface area contributed by atoms with Crippen LogP contribution in [0.1, 0.15) is 23.2 Å². The predicted molar refractivity (Wildman–Crippen MR) is 92.4 cm³/mol. The molecule has 0 unspecified atom stereocenters. The second-order valence-electron chi connectivity index (χ2n) is 5.67. The van der Waals surface area contributed by atoms with Crippen LogP contribution in [0.25, 0.3) is 10.8 Å². The summed E-state index contributed by atoms with van der Waals surface area (Å²) in [5.74, 6) is -0.663. The topological polar surface area (TPSA) is 103 Å². The molecule has 1 atom stereocenters. The van der Waals surface area contributed by atoms with Gasteiger partial charge in [0.25, 0.3) is 11.5 Å². The number of fused-ring (bicyclic) bond motifs is 1. The van der Waals surface area contributed by atoms with Gasteiger partial charge in [0.1, 0.15) is 5.76 Å². The number of carbonyl (C=O) groups is 2. The minimum Gasteiger partial charge on any atom is -0.467 e. The minimum absolute atomic E-state index is 0.0200. The van der Waals surface area contributed by atoms with E-state index in [-0.39, 0.29) is 17.8 Å². The van der Waals surface area contributed by atoms with Crippen LogP contribution >= 0.6 is 0 Å². The van der Waals surface area contributed by atoms with Gasteiger partial charge in [0.15, 0.2) is 11.8 Å². The number of hydrogen-bond donors (Lipinski definition) is 1. The molecule has 0 aliphatic carbocycles. The highest BCUT2D eigenvalue weighted by Crippen LogP contribution is 2.14. The molecule has 1 aromatic carbocycles.